The lowest BCUT2D eigenvalue weighted by Crippen LogP contribution is -3.12. The molecule has 0 aliphatic heterocycles. The van der Waals surface area contributed by atoms with Crippen molar-refractivity contribution in [1.82, 2.24) is 9.97 Å². The van der Waals surface area contributed by atoms with E-state index in [1.54, 1.807) is 6.07 Å². The molecule has 29 heavy (non-hydrogen) atoms. The highest BCUT2D eigenvalue weighted by atomic mass is 16.2. The fourth-order valence-electron chi connectivity index (χ4n) is 3.41. The van der Waals surface area contributed by atoms with Gasteiger partial charge < -0.3 is 15.2 Å². The predicted molar refractivity (Wildman–Crippen MR) is 116 cm³/mol. The van der Waals surface area contributed by atoms with Gasteiger partial charge in [-0.25, -0.2) is 4.98 Å². The molecule has 0 aliphatic rings. The lowest BCUT2D eigenvalue weighted by atomic mass is 10.1. The Bertz CT molecular complexity index is 1060. The number of H-pyrrole nitrogens is 1. The third kappa shape index (κ3) is 5.51. The van der Waals surface area contributed by atoms with Gasteiger partial charge in [-0.1, -0.05) is 37.6 Å². The summed E-state index contributed by atoms with van der Waals surface area (Å²) in [6, 6.07) is 13.3. The Morgan fingerprint density at radius 1 is 1.17 bits per heavy atom. The molecule has 0 radical (unpaired) electrons. The summed E-state index contributed by atoms with van der Waals surface area (Å²) in [6.45, 7) is 7.79. The van der Waals surface area contributed by atoms with E-state index in [2.05, 4.69) is 22.2 Å². The number of quaternary nitrogens is 1. The smallest absolute Gasteiger partial charge is 0.279 e. The van der Waals surface area contributed by atoms with Gasteiger partial charge in [0.25, 0.3) is 11.5 Å². The topological polar surface area (TPSA) is 79.3 Å². The average molecular weight is 394 g/mol. The number of unbranched alkanes of at least 4 members (excludes halogenated alkanes) is 1. The number of benzene rings is 2. The number of nitrogens with one attached hydrogen (secondary N) is 3. The zero-order chi connectivity index (χ0) is 20.8. The van der Waals surface area contributed by atoms with E-state index >= 15 is 0 Å². The minimum atomic E-state index is -0.139. The predicted octanol–water partition coefficient (Wildman–Crippen LogP) is 2.36. The van der Waals surface area contributed by atoms with Crippen molar-refractivity contribution in [2.45, 2.75) is 40.2 Å². The van der Waals surface area contributed by atoms with E-state index in [9.17, 15) is 9.59 Å². The lowest BCUT2D eigenvalue weighted by molar-refractivity contribution is -0.906. The highest BCUT2D eigenvalue weighted by Gasteiger charge is 2.17. The van der Waals surface area contributed by atoms with Gasteiger partial charge in [0, 0.05) is 5.69 Å². The fourth-order valence-corrected chi connectivity index (χ4v) is 3.41. The largest absolute Gasteiger partial charge is 0.321 e. The van der Waals surface area contributed by atoms with Crippen LogP contribution in [0.4, 0.5) is 5.69 Å². The van der Waals surface area contributed by atoms with E-state index in [-0.39, 0.29) is 11.5 Å². The fraction of sp³-hybridized carbons (Fsp3) is 0.348. The summed E-state index contributed by atoms with van der Waals surface area (Å²) in [7, 11) is 0. The number of hydrogen-bond acceptors (Lipinski definition) is 3. The highest BCUT2D eigenvalue weighted by Crippen LogP contribution is 2.15. The number of aromatic amines is 1. The molecule has 0 saturated carbocycles. The number of para-hydroxylation sites is 1. The molecule has 0 saturated heterocycles. The Balaban J connectivity index is 1.75. The van der Waals surface area contributed by atoms with Crippen LogP contribution in [0, 0.1) is 13.8 Å². The molecule has 0 bridgehead atoms. The van der Waals surface area contributed by atoms with Crippen LogP contribution in [0.1, 0.15) is 36.7 Å². The Kier molecular flexibility index (Phi) is 6.77. The van der Waals surface area contributed by atoms with E-state index in [4.69, 9.17) is 0 Å². The molecule has 1 aromatic heterocycles. The monoisotopic (exact) mass is 393 g/mol. The zero-order valence-electron chi connectivity index (χ0n) is 17.3. The minimum absolute atomic E-state index is 0.0343. The number of fused-ring (bicyclic) bond motifs is 1. The molecule has 6 nitrogen and oxygen atoms in total. The minimum Gasteiger partial charge on any atom is -0.321 e. The number of carbonyl (C=O) groups is 1. The van der Waals surface area contributed by atoms with Crippen molar-refractivity contribution in [2.24, 2.45) is 0 Å². The summed E-state index contributed by atoms with van der Waals surface area (Å²) in [5, 5.41) is 3.62. The maximum atomic E-state index is 12.7. The van der Waals surface area contributed by atoms with E-state index in [1.807, 2.05) is 50.2 Å². The summed E-state index contributed by atoms with van der Waals surface area (Å²) in [5.74, 6) is 0.576. The van der Waals surface area contributed by atoms with Crippen molar-refractivity contribution < 1.29 is 9.69 Å². The van der Waals surface area contributed by atoms with Crippen molar-refractivity contribution in [2.75, 3.05) is 18.4 Å². The first-order valence-electron chi connectivity index (χ1n) is 10.1. The van der Waals surface area contributed by atoms with Crippen LogP contribution in [0.15, 0.2) is 47.3 Å². The van der Waals surface area contributed by atoms with Gasteiger partial charge in [-0.15, -0.1) is 0 Å². The van der Waals surface area contributed by atoms with Gasteiger partial charge >= 0.3 is 0 Å². The molecule has 0 aliphatic carbocycles. The maximum absolute atomic E-state index is 12.7. The van der Waals surface area contributed by atoms with Crippen LogP contribution in [-0.4, -0.2) is 29.0 Å². The van der Waals surface area contributed by atoms with Crippen LogP contribution in [-0.2, 0) is 11.3 Å². The van der Waals surface area contributed by atoms with E-state index in [1.165, 1.54) is 0 Å². The average Bonchev–Trinajstić information content (AvgIpc) is 2.69. The van der Waals surface area contributed by atoms with Crippen LogP contribution in [0.3, 0.4) is 0 Å². The maximum Gasteiger partial charge on any atom is 0.279 e. The second-order valence-corrected chi connectivity index (χ2v) is 7.60. The number of carbonyl (C=O) groups excluding carboxylic acids is 1. The molecule has 3 N–H and O–H groups in total. The number of nitrogens with zero attached hydrogens (tertiary/aromatic N) is 1. The van der Waals surface area contributed by atoms with Gasteiger partial charge in [-0.05, 0) is 49.6 Å². The van der Waals surface area contributed by atoms with Gasteiger partial charge in [-0.3, -0.25) is 9.59 Å². The molecule has 0 fully saturated rings. The molecule has 1 atom stereocenters. The van der Waals surface area contributed by atoms with Crippen molar-refractivity contribution in [3.63, 3.8) is 0 Å². The summed E-state index contributed by atoms with van der Waals surface area (Å²) in [6.07, 6.45) is 2.05. The van der Waals surface area contributed by atoms with Gasteiger partial charge in [0.05, 0.1) is 17.4 Å². The quantitative estimate of drug-likeness (QED) is 0.550. The van der Waals surface area contributed by atoms with Gasteiger partial charge in [0.1, 0.15) is 6.54 Å². The second-order valence-electron chi connectivity index (χ2n) is 7.60. The molecular formula is C23H29N4O2+. The first-order chi connectivity index (χ1) is 14.0. The molecule has 2 aromatic carbocycles. The molecule has 152 valence electrons. The Labute approximate surface area is 171 Å². The van der Waals surface area contributed by atoms with Crippen LogP contribution >= 0.6 is 0 Å². The molecule has 0 spiro atoms. The molecular weight excluding hydrogens is 364 g/mol. The van der Waals surface area contributed by atoms with Crippen molar-refractivity contribution in [1.29, 1.82) is 0 Å². The van der Waals surface area contributed by atoms with Gasteiger partial charge in [0.15, 0.2) is 12.4 Å². The molecule has 3 aromatic rings. The van der Waals surface area contributed by atoms with Crippen molar-refractivity contribution in [3.8, 4) is 0 Å². The van der Waals surface area contributed by atoms with Crippen LogP contribution in [0.2, 0.25) is 0 Å². The van der Waals surface area contributed by atoms with Crippen molar-refractivity contribution >= 4 is 22.5 Å². The molecule has 1 amide bonds. The third-order valence-corrected chi connectivity index (χ3v) is 5.04. The summed E-state index contributed by atoms with van der Waals surface area (Å²) in [5.41, 5.74) is 3.54. The van der Waals surface area contributed by atoms with Crippen LogP contribution < -0.4 is 15.8 Å². The Hall–Kier alpha value is -2.99. The normalized spacial score (nSPS) is 12.1. The van der Waals surface area contributed by atoms with E-state index in [0.717, 1.165) is 41.1 Å². The lowest BCUT2D eigenvalue weighted by Gasteiger charge is -2.19. The number of amides is 1. The first-order valence-corrected chi connectivity index (χ1v) is 10.1. The van der Waals surface area contributed by atoms with E-state index in [0.29, 0.717) is 29.8 Å². The van der Waals surface area contributed by atoms with Crippen LogP contribution in [0.25, 0.3) is 10.9 Å². The second kappa shape index (κ2) is 9.47. The number of aryl methyl sites for hydroxylation is 2. The summed E-state index contributed by atoms with van der Waals surface area (Å²) in [4.78, 5) is 33.6. The van der Waals surface area contributed by atoms with Crippen molar-refractivity contribution in [3.05, 3.63) is 69.8 Å². The summed E-state index contributed by atoms with van der Waals surface area (Å²) >= 11 is 0. The zero-order valence-corrected chi connectivity index (χ0v) is 17.3. The number of aromatic nitrogens is 2. The number of hydrogen-bond donors (Lipinski definition) is 3. The molecule has 3 rings (SSSR count). The molecule has 1 unspecified atom stereocenters. The number of anilines is 1. The van der Waals surface area contributed by atoms with Gasteiger partial charge in [-0.2, -0.15) is 0 Å². The Morgan fingerprint density at radius 3 is 2.76 bits per heavy atom. The summed E-state index contributed by atoms with van der Waals surface area (Å²) < 4.78 is 0. The van der Waals surface area contributed by atoms with Crippen LogP contribution in [0.5, 0.6) is 0 Å². The molecule has 1 heterocycles. The van der Waals surface area contributed by atoms with Gasteiger partial charge in [0.2, 0.25) is 0 Å². The molecule has 6 heteroatoms. The van der Waals surface area contributed by atoms with E-state index < -0.39 is 0 Å². The first kappa shape index (κ1) is 20.7. The number of rotatable bonds is 8. The highest BCUT2D eigenvalue weighted by molar-refractivity contribution is 5.92. The Morgan fingerprint density at radius 2 is 1.97 bits per heavy atom. The SMILES string of the molecule is CCCC[NH+](CC(=O)Nc1cc(C)ccc1C)Cc1nc2ccccc2c(=O)[nH]1. The standard InChI is InChI=1S/C23H28N4O2/c1-4-5-12-27(15-22(28)25-20-13-16(2)10-11-17(20)3)14-21-24-19-9-7-6-8-18(19)23(29)26-21/h6-11,13H,4-5,12,14-15H2,1-3H3,(H,25,28)(H,24,26,29)/p+1. The third-order valence-electron chi connectivity index (χ3n) is 5.04.